The molecule has 0 bridgehead atoms. The van der Waals surface area contributed by atoms with Gasteiger partial charge in [-0.25, -0.2) is 0 Å². The highest BCUT2D eigenvalue weighted by molar-refractivity contribution is 9.10. The van der Waals surface area contributed by atoms with Crippen LogP contribution in [0.5, 0.6) is 0 Å². The molecule has 1 aliphatic rings. The maximum absolute atomic E-state index is 12.2. The van der Waals surface area contributed by atoms with Crippen LogP contribution < -0.4 is 0 Å². The van der Waals surface area contributed by atoms with Crippen LogP contribution in [-0.4, -0.2) is 50.8 Å². The lowest BCUT2D eigenvalue weighted by Crippen LogP contribution is -2.53. The predicted octanol–water partition coefficient (Wildman–Crippen LogP) is 2.78. The van der Waals surface area contributed by atoms with Gasteiger partial charge in [-0.05, 0) is 27.7 Å². The number of alkyl halides is 2. The van der Waals surface area contributed by atoms with Gasteiger partial charge in [0.2, 0.25) is 0 Å². The molecule has 5 atom stereocenters. The van der Waals surface area contributed by atoms with Crippen molar-refractivity contribution in [2.45, 2.75) is 68.7 Å². The quantitative estimate of drug-likeness (QED) is 0.488. The summed E-state index contributed by atoms with van der Waals surface area (Å²) in [6.45, 7) is 10.3. The van der Waals surface area contributed by atoms with Crippen LogP contribution in [0.15, 0.2) is 0 Å². The Kier molecular flexibility index (Phi) is 7.30. The summed E-state index contributed by atoms with van der Waals surface area (Å²) in [7, 11) is 0. The molecule has 0 aromatic rings. The van der Waals surface area contributed by atoms with Crippen LogP contribution in [0.25, 0.3) is 0 Å². The third kappa shape index (κ3) is 5.68. The van der Waals surface area contributed by atoms with Gasteiger partial charge in [0.15, 0.2) is 6.29 Å². The second-order valence-corrected chi connectivity index (χ2v) is 11.2. The molecule has 0 amide bonds. The first-order chi connectivity index (χ1) is 10.7. The van der Waals surface area contributed by atoms with Gasteiger partial charge < -0.3 is 19.3 Å². The highest BCUT2D eigenvalue weighted by Gasteiger charge is 2.45. The molecule has 1 aliphatic heterocycles. The van der Waals surface area contributed by atoms with Crippen molar-refractivity contribution in [3.8, 4) is 0 Å². The van der Waals surface area contributed by atoms with Gasteiger partial charge in [0.1, 0.15) is 27.5 Å². The molecular formula is C16H26Br2O6. The molecule has 0 spiro atoms. The van der Waals surface area contributed by atoms with Crippen LogP contribution in [0.4, 0.5) is 0 Å². The first kappa shape index (κ1) is 21.9. The monoisotopic (exact) mass is 472 g/mol. The van der Waals surface area contributed by atoms with Crippen LogP contribution in [0.3, 0.4) is 0 Å². The Labute approximate surface area is 159 Å². The molecule has 1 rings (SSSR count). The summed E-state index contributed by atoms with van der Waals surface area (Å²) in [5.74, 6) is -1.48. The summed E-state index contributed by atoms with van der Waals surface area (Å²) in [5.41, 5.74) is 0. The Morgan fingerprint density at radius 2 is 1.54 bits per heavy atom. The lowest BCUT2D eigenvalue weighted by Gasteiger charge is -2.42. The van der Waals surface area contributed by atoms with E-state index in [1.807, 2.05) is 6.92 Å². The molecule has 0 aromatic heterocycles. The summed E-state index contributed by atoms with van der Waals surface area (Å²) < 4.78 is 14.7. The molecule has 1 N–H and O–H groups in total. The van der Waals surface area contributed by atoms with Crippen molar-refractivity contribution in [3.05, 3.63) is 0 Å². The number of carbonyl (C=O) groups is 2. The smallest absolute Gasteiger partial charge is 0.322 e. The fraction of sp³-hybridized carbons (Fsp3) is 0.875. The van der Waals surface area contributed by atoms with E-state index >= 15 is 0 Å². The fourth-order valence-electron chi connectivity index (χ4n) is 2.28. The number of aliphatic hydroxyl groups excluding tert-OH is 1. The van der Waals surface area contributed by atoms with E-state index in [9.17, 15) is 14.7 Å². The molecule has 1 fully saturated rings. The molecule has 140 valence electrons. The predicted molar refractivity (Wildman–Crippen MR) is 96.1 cm³/mol. The lowest BCUT2D eigenvalue weighted by molar-refractivity contribution is -0.255. The minimum Gasteiger partial charge on any atom is -0.462 e. The zero-order valence-electron chi connectivity index (χ0n) is 14.8. The first-order valence-electron chi connectivity index (χ1n) is 7.84. The van der Waals surface area contributed by atoms with Gasteiger partial charge in [0.25, 0.3) is 0 Å². The Hall–Kier alpha value is -0.180. The first-order valence-corrected chi connectivity index (χ1v) is 9.43. The molecule has 5 unspecified atom stereocenters. The van der Waals surface area contributed by atoms with Crippen molar-refractivity contribution in [2.24, 2.45) is 11.8 Å². The number of rotatable bonds is 5. The van der Waals surface area contributed by atoms with E-state index in [1.165, 1.54) is 0 Å². The van der Waals surface area contributed by atoms with E-state index < -0.39 is 45.0 Å². The molecule has 8 heteroatoms. The van der Waals surface area contributed by atoms with Crippen LogP contribution in [-0.2, 0) is 23.8 Å². The largest absolute Gasteiger partial charge is 0.462 e. The van der Waals surface area contributed by atoms with E-state index in [2.05, 4.69) is 31.9 Å². The Morgan fingerprint density at radius 1 is 1.04 bits per heavy atom. The second-order valence-electron chi connectivity index (χ2n) is 7.20. The maximum atomic E-state index is 12.2. The number of halogens is 2. The molecule has 0 radical (unpaired) electrons. The molecule has 1 saturated heterocycles. The maximum Gasteiger partial charge on any atom is 0.322 e. The van der Waals surface area contributed by atoms with E-state index in [0.29, 0.717) is 0 Å². The van der Waals surface area contributed by atoms with Gasteiger partial charge in [-0.15, -0.1) is 0 Å². The Morgan fingerprint density at radius 3 is 2.00 bits per heavy atom. The number of ether oxygens (including phenoxy) is 3. The number of aliphatic hydroxyl groups is 1. The number of hydrogen-bond donors (Lipinski definition) is 1. The highest BCUT2D eigenvalue weighted by Crippen LogP contribution is 2.33. The number of hydrogen-bond acceptors (Lipinski definition) is 6. The lowest BCUT2D eigenvalue weighted by atomic mass is 9.85. The topological polar surface area (TPSA) is 82.1 Å². The van der Waals surface area contributed by atoms with Crippen molar-refractivity contribution < 1.29 is 28.9 Å². The van der Waals surface area contributed by atoms with Gasteiger partial charge in [-0.1, -0.05) is 45.7 Å². The van der Waals surface area contributed by atoms with Gasteiger partial charge in [0, 0.05) is 11.8 Å². The summed E-state index contributed by atoms with van der Waals surface area (Å²) in [6, 6.07) is 0. The minimum atomic E-state index is -1.10. The van der Waals surface area contributed by atoms with Crippen LogP contribution >= 0.6 is 31.9 Å². The molecule has 0 aromatic carbocycles. The summed E-state index contributed by atoms with van der Waals surface area (Å²) in [5, 5.41) is 10.1. The molecule has 6 nitrogen and oxygen atoms in total. The molecule has 0 saturated carbocycles. The standard InChI is InChI=1S/C16H26Br2O6/c1-8-10(7-22-13(20)15(3,4)17)23-12(19)9(2)11(8)24-14(21)16(5,6)18/h8-12,19H,7H2,1-6H3. The average Bonchev–Trinajstić information content (AvgIpc) is 2.43. The number of esters is 2. The highest BCUT2D eigenvalue weighted by atomic mass is 79.9. The van der Waals surface area contributed by atoms with Crippen molar-refractivity contribution >= 4 is 43.8 Å². The summed E-state index contributed by atoms with van der Waals surface area (Å²) in [6.07, 6.45) is -2.21. The van der Waals surface area contributed by atoms with Crippen molar-refractivity contribution in [1.82, 2.24) is 0 Å². The zero-order chi connectivity index (χ0) is 18.9. The zero-order valence-corrected chi connectivity index (χ0v) is 18.0. The fourth-order valence-corrected chi connectivity index (χ4v) is 2.49. The summed E-state index contributed by atoms with van der Waals surface area (Å²) >= 11 is 6.50. The van der Waals surface area contributed by atoms with Crippen LogP contribution in [0.2, 0.25) is 0 Å². The van der Waals surface area contributed by atoms with E-state index in [0.717, 1.165) is 0 Å². The minimum absolute atomic E-state index is 0.0232. The van der Waals surface area contributed by atoms with Gasteiger partial charge in [-0.3, -0.25) is 9.59 Å². The summed E-state index contributed by atoms with van der Waals surface area (Å²) in [4.78, 5) is 24.0. The number of carbonyl (C=O) groups excluding carboxylic acids is 2. The third-order valence-corrected chi connectivity index (χ3v) is 4.63. The normalized spacial score (nSPS) is 31.5. The van der Waals surface area contributed by atoms with E-state index in [-0.39, 0.29) is 12.5 Å². The Balaban J connectivity index is 2.79. The third-order valence-electron chi connectivity index (χ3n) is 3.98. The molecule has 0 aliphatic carbocycles. The van der Waals surface area contributed by atoms with Gasteiger partial charge in [-0.2, -0.15) is 0 Å². The molecule has 1 heterocycles. The van der Waals surface area contributed by atoms with Crippen molar-refractivity contribution in [3.63, 3.8) is 0 Å². The van der Waals surface area contributed by atoms with Crippen LogP contribution in [0.1, 0.15) is 41.5 Å². The SMILES string of the molecule is CC1C(O)OC(COC(=O)C(C)(C)Br)C(C)C1OC(=O)C(C)(C)Br. The average molecular weight is 474 g/mol. The van der Waals surface area contributed by atoms with Crippen molar-refractivity contribution in [2.75, 3.05) is 6.61 Å². The van der Waals surface area contributed by atoms with Gasteiger partial charge >= 0.3 is 11.9 Å². The van der Waals surface area contributed by atoms with E-state index in [4.69, 9.17) is 14.2 Å². The second kappa shape index (κ2) is 8.01. The Bertz CT molecular complexity index is 468. The molecular weight excluding hydrogens is 448 g/mol. The van der Waals surface area contributed by atoms with Crippen molar-refractivity contribution in [1.29, 1.82) is 0 Å². The molecule has 24 heavy (non-hydrogen) atoms. The van der Waals surface area contributed by atoms with Gasteiger partial charge in [0.05, 0.1) is 0 Å². The van der Waals surface area contributed by atoms with Crippen LogP contribution in [0, 0.1) is 11.8 Å². The van der Waals surface area contributed by atoms with E-state index in [1.54, 1.807) is 34.6 Å².